The van der Waals surface area contributed by atoms with Gasteiger partial charge in [0.15, 0.2) is 11.5 Å². The molecule has 6 heteroatoms. The first kappa shape index (κ1) is 18.3. The molecule has 0 aliphatic carbocycles. The normalized spacial score (nSPS) is 10.5. The second-order valence-corrected chi connectivity index (χ2v) is 5.01. The second kappa shape index (κ2) is 9.32. The molecular weight excluding hydrogens is 323 g/mol. The summed E-state index contributed by atoms with van der Waals surface area (Å²) in [6, 6.07) is 10.7. The fourth-order valence-corrected chi connectivity index (χ4v) is 2.08. The van der Waals surface area contributed by atoms with Gasteiger partial charge < -0.3 is 20.1 Å². The molecule has 0 saturated carbocycles. The highest BCUT2D eigenvalue weighted by Gasteiger charge is 2.07. The molecule has 0 aromatic heterocycles. The lowest BCUT2D eigenvalue weighted by Crippen LogP contribution is -2.23. The minimum absolute atomic E-state index is 0.302. The molecule has 5 nitrogen and oxygen atoms in total. The summed E-state index contributed by atoms with van der Waals surface area (Å²) in [5, 5.41) is 5.30. The highest BCUT2D eigenvalue weighted by molar-refractivity contribution is 5.90. The van der Waals surface area contributed by atoms with Gasteiger partial charge in [-0.2, -0.15) is 0 Å². The third kappa shape index (κ3) is 5.84. The summed E-state index contributed by atoms with van der Waals surface area (Å²) in [4.78, 5) is 11.9. The van der Waals surface area contributed by atoms with Crippen molar-refractivity contribution in [3.05, 3.63) is 60.0 Å². The van der Waals surface area contributed by atoms with Crippen LogP contribution in [-0.2, 0) is 0 Å². The molecule has 0 aliphatic heterocycles. The van der Waals surface area contributed by atoms with E-state index in [0.717, 1.165) is 5.56 Å². The number of hydrogen-bond donors (Lipinski definition) is 2. The fraction of sp³-hybridized carbons (Fsp3) is 0.211. The van der Waals surface area contributed by atoms with E-state index in [4.69, 9.17) is 9.47 Å². The van der Waals surface area contributed by atoms with Crippen LogP contribution in [0.15, 0.2) is 48.7 Å². The monoisotopic (exact) mass is 344 g/mol. The van der Waals surface area contributed by atoms with Gasteiger partial charge >= 0.3 is 6.03 Å². The average Bonchev–Trinajstić information content (AvgIpc) is 2.59. The van der Waals surface area contributed by atoms with Gasteiger partial charge in [-0.05, 0) is 49.8 Å². The molecule has 25 heavy (non-hydrogen) atoms. The lowest BCUT2D eigenvalue weighted by molar-refractivity contribution is 0.255. The Balaban J connectivity index is 1.95. The van der Waals surface area contributed by atoms with Crippen LogP contribution in [0, 0.1) is 5.82 Å². The largest absolute Gasteiger partial charge is 0.490 e. The van der Waals surface area contributed by atoms with Crippen molar-refractivity contribution in [3.63, 3.8) is 0 Å². The minimum atomic E-state index is -0.398. The van der Waals surface area contributed by atoms with Crippen LogP contribution in [0.1, 0.15) is 19.4 Å². The van der Waals surface area contributed by atoms with E-state index in [1.54, 1.807) is 36.4 Å². The molecule has 0 fully saturated rings. The van der Waals surface area contributed by atoms with Gasteiger partial charge in [0.2, 0.25) is 0 Å². The Morgan fingerprint density at radius 3 is 2.40 bits per heavy atom. The van der Waals surface area contributed by atoms with Crippen LogP contribution in [0.25, 0.3) is 6.08 Å². The number of benzene rings is 2. The van der Waals surface area contributed by atoms with Crippen LogP contribution in [-0.4, -0.2) is 19.2 Å². The van der Waals surface area contributed by atoms with Crippen LogP contribution in [0.3, 0.4) is 0 Å². The van der Waals surface area contributed by atoms with Crippen LogP contribution in [0.5, 0.6) is 11.5 Å². The van der Waals surface area contributed by atoms with Crippen LogP contribution in [0.2, 0.25) is 0 Å². The van der Waals surface area contributed by atoms with Crippen LogP contribution < -0.4 is 20.1 Å². The summed E-state index contributed by atoms with van der Waals surface area (Å²) in [5.41, 5.74) is 1.36. The summed E-state index contributed by atoms with van der Waals surface area (Å²) in [6.45, 7) is 4.79. The van der Waals surface area contributed by atoms with Gasteiger partial charge in [0.25, 0.3) is 0 Å². The Morgan fingerprint density at radius 1 is 1.04 bits per heavy atom. The standard InChI is InChI=1S/C19H21FN2O3/c1-3-24-17-10-9-16(13-18(17)25-4-2)22-19(23)21-12-11-14-5-7-15(20)8-6-14/h5-13H,3-4H2,1-2H3,(H2,21,22,23)/b12-11+. The van der Waals surface area contributed by atoms with E-state index in [-0.39, 0.29) is 5.82 Å². The zero-order valence-corrected chi connectivity index (χ0v) is 14.2. The number of carbonyl (C=O) groups excluding carboxylic acids is 1. The molecule has 0 unspecified atom stereocenters. The molecular formula is C19H21FN2O3. The number of ether oxygens (including phenoxy) is 2. The van der Waals surface area contributed by atoms with Crippen molar-refractivity contribution in [2.24, 2.45) is 0 Å². The third-order valence-corrected chi connectivity index (χ3v) is 3.16. The van der Waals surface area contributed by atoms with Gasteiger partial charge in [-0.1, -0.05) is 12.1 Å². The van der Waals surface area contributed by atoms with Crippen molar-refractivity contribution in [3.8, 4) is 11.5 Å². The van der Waals surface area contributed by atoms with Crippen molar-refractivity contribution in [2.45, 2.75) is 13.8 Å². The van der Waals surface area contributed by atoms with Gasteiger partial charge in [-0.3, -0.25) is 0 Å². The molecule has 132 valence electrons. The van der Waals surface area contributed by atoms with E-state index in [1.165, 1.54) is 18.3 Å². The Bertz CT molecular complexity index is 730. The van der Waals surface area contributed by atoms with Crippen molar-refractivity contribution in [1.82, 2.24) is 5.32 Å². The minimum Gasteiger partial charge on any atom is -0.490 e. The van der Waals surface area contributed by atoms with Crippen LogP contribution in [0.4, 0.5) is 14.9 Å². The van der Waals surface area contributed by atoms with Crippen molar-refractivity contribution < 1.29 is 18.7 Å². The number of halogens is 1. The first-order chi connectivity index (χ1) is 12.1. The predicted molar refractivity (Wildman–Crippen MR) is 96.4 cm³/mol. The maximum atomic E-state index is 12.8. The van der Waals surface area contributed by atoms with Gasteiger partial charge in [-0.15, -0.1) is 0 Å². The highest BCUT2D eigenvalue weighted by atomic mass is 19.1. The summed E-state index contributed by atoms with van der Waals surface area (Å²) in [6.07, 6.45) is 3.16. The Hall–Kier alpha value is -3.02. The topological polar surface area (TPSA) is 59.6 Å². The lowest BCUT2D eigenvalue weighted by atomic mass is 10.2. The van der Waals surface area contributed by atoms with Crippen molar-refractivity contribution in [2.75, 3.05) is 18.5 Å². The maximum Gasteiger partial charge on any atom is 0.323 e. The fourth-order valence-electron chi connectivity index (χ4n) is 2.08. The zero-order chi connectivity index (χ0) is 18.1. The van der Waals surface area contributed by atoms with E-state index < -0.39 is 6.03 Å². The number of rotatable bonds is 7. The molecule has 2 aromatic rings. The molecule has 0 aliphatic rings. The molecule has 0 bridgehead atoms. The van der Waals surface area contributed by atoms with E-state index in [0.29, 0.717) is 30.4 Å². The number of urea groups is 1. The highest BCUT2D eigenvalue weighted by Crippen LogP contribution is 2.30. The second-order valence-electron chi connectivity index (χ2n) is 5.01. The van der Waals surface area contributed by atoms with Gasteiger partial charge in [0.05, 0.1) is 13.2 Å². The summed E-state index contributed by atoms with van der Waals surface area (Å²) in [7, 11) is 0. The third-order valence-electron chi connectivity index (χ3n) is 3.16. The number of hydrogen-bond acceptors (Lipinski definition) is 3. The smallest absolute Gasteiger partial charge is 0.323 e. The van der Waals surface area contributed by atoms with E-state index in [9.17, 15) is 9.18 Å². The molecule has 2 aromatic carbocycles. The molecule has 2 N–H and O–H groups in total. The Kier molecular flexibility index (Phi) is 6.83. The van der Waals surface area contributed by atoms with Crippen LogP contribution >= 0.6 is 0 Å². The molecule has 0 heterocycles. The quantitative estimate of drug-likeness (QED) is 0.782. The van der Waals surface area contributed by atoms with Gasteiger partial charge in [0.1, 0.15) is 5.82 Å². The first-order valence-electron chi connectivity index (χ1n) is 8.01. The summed E-state index contributed by atoms with van der Waals surface area (Å²) in [5.74, 6) is 0.902. The van der Waals surface area contributed by atoms with E-state index in [1.807, 2.05) is 13.8 Å². The number of nitrogens with one attached hydrogen (secondary N) is 2. The SMILES string of the molecule is CCOc1ccc(NC(=O)N/C=C/c2ccc(F)cc2)cc1OCC. The Morgan fingerprint density at radius 2 is 1.72 bits per heavy atom. The van der Waals surface area contributed by atoms with Gasteiger partial charge in [-0.25, -0.2) is 9.18 Å². The number of carbonyl (C=O) groups is 1. The van der Waals surface area contributed by atoms with Crippen molar-refractivity contribution in [1.29, 1.82) is 0 Å². The molecule has 2 amide bonds. The predicted octanol–water partition coefficient (Wildman–Crippen LogP) is 4.42. The van der Waals surface area contributed by atoms with Gasteiger partial charge in [0, 0.05) is 18.0 Å². The van der Waals surface area contributed by atoms with E-state index >= 15 is 0 Å². The zero-order valence-electron chi connectivity index (χ0n) is 14.2. The summed E-state index contributed by atoms with van der Waals surface area (Å²) < 4.78 is 23.8. The number of anilines is 1. The molecule has 2 rings (SSSR count). The summed E-state index contributed by atoms with van der Waals surface area (Å²) >= 11 is 0. The average molecular weight is 344 g/mol. The molecule has 0 radical (unpaired) electrons. The molecule has 0 spiro atoms. The first-order valence-corrected chi connectivity index (χ1v) is 8.01. The lowest BCUT2D eigenvalue weighted by Gasteiger charge is -2.12. The molecule has 0 saturated heterocycles. The van der Waals surface area contributed by atoms with E-state index in [2.05, 4.69) is 10.6 Å². The Labute approximate surface area is 146 Å². The molecule has 0 atom stereocenters. The van der Waals surface area contributed by atoms with Crippen molar-refractivity contribution >= 4 is 17.8 Å². The number of amides is 2. The maximum absolute atomic E-state index is 12.8.